The van der Waals surface area contributed by atoms with Gasteiger partial charge in [0.2, 0.25) is 0 Å². The summed E-state index contributed by atoms with van der Waals surface area (Å²) in [7, 11) is 0. The fraction of sp³-hybridized carbons (Fsp3) is 0.500. The zero-order valence-corrected chi connectivity index (χ0v) is 11.7. The van der Waals surface area contributed by atoms with Crippen molar-refractivity contribution in [2.24, 2.45) is 5.92 Å². The first kappa shape index (κ1) is 12.7. The average Bonchev–Trinajstić information content (AvgIpc) is 3.06. The number of nitrogens with one attached hydrogen (secondary N) is 2. The van der Waals surface area contributed by atoms with Gasteiger partial charge in [-0.1, -0.05) is 25.1 Å². The Labute approximate surface area is 115 Å². The molecule has 0 saturated carbocycles. The van der Waals surface area contributed by atoms with Crippen molar-refractivity contribution in [1.29, 1.82) is 0 Å². The lowest BCUT2D eigenvalue weighted by molar-refractivity contribution is 0.339. The first-order chi connectivity index (χ1) is 9.36. The summed E-state index contributed by atoms with van der Waals surface area (Å²) in [5, 5.41) is 4.96. The molecular weight excluding hydrogens is 234 g/mol. The highest BCUT2D eigenvalue weighted by Gasteiger charge is 2.20. The molecule has 3 rings (SSSR count). The van der Waals surface area contributed by atoms with Gasteiger partial charge in [-0.15, -0.1) is 0 Å². The number of para-hydroxylation sites is 1. The summed E-state index contributed by atoms with van der Waals surface area (Å²) in [5.41, 5.74) is 2.61. The number of aromatic nitrogens is 1. The van der Waals surface area contributed by atoms with Crippen LogP contribution in [-0.2, 0) is 6.54 Å². The third-order valence-electron chi connectivity index (χ3n) is 4.24. The molecular formula is C16H23N3. The average molecular weight is 257 g/mol. The van der Waals surface area contributed by atoms with Crippen LogP contribution in [0.2, 0.25) is 0 Å². The molecule has 1 aromatic carbocycles. The Balaban J connectivity index is 1.53. The standard InChI is InChI=1S/C16H23N3/c1-2-19-8-7-13(12-19)9-17-10-14-11-18-16-6-4-3-5-15(14)16/h3-6,11,13,17-18H,2,7-10,12H2,1H3. The van der Waals surface area contributed by atoms with Gasteiger partial charge >= 0.3 is 0 Å². The van der Waals surface area contributed by atoms with Gasteiger partial charge in [0.05, 0.1) is 0 Å². The van der Waals surface area contributed by atoms with Crippen molar-refractivity contribution in [3.63, 3.8) is 0 Å². The van der Waals surface area contributed by atoms with Crippen LogP contribution in [0.1, 0.15) is 18.9 Å². The summed E-state index contributed by atoms with van der Waals surface area (Å²) < 4.78 is 0. The molecule has 1 atom stereocenters. The summed E-state index contributed by atoms with van der Waals surface area (Å²) in [6.45, 7) is 8.08. The molecule has 1 aromatic heterocycles. The van der Waals surface area contributed by atoms with Gasteiger partial charge in [-0.05, 0) is 43.6 Å². The maximum atomic E-state index is 3.62. The molecule has 1 aliphatic rings. The quantitative estimate of drug-likeness (QED) is 0.862. The maximum absolute atomic E-state index is 3.62. The molecule has 19 heavy (non-hydrogen) atoms. The second kappa shape index (κ2) is 5.76. The van der Waals surface area contributed by atoms with E-state index >= 15 is 0 Å². The van der Waals surface area contributed by atoms with Crippen LogP contribution in [-0.4, -0.2) is 36.1 Å². The number of rotatable bonds is 5. The number of fused-ring (bicyclic) bond motifs is 1. The summed E-state index contributed by atoms with van der Waals surface area (Å²) >= 11 is 0. The molecule has 2 aromatic rings. The number of benzene rings is 1. The Morgan fingerprint density at radius 2 is 2.26 bits per heavy atom. The molecule has 1 fully saturated rings. The number of nitrogens with zero attached hydrogens (tertiary/aromatic N) is 1. The van der Waals surface area contributed by atoms with Crippen LogP contribution in [0.3, 0.4) is 0 Å². The third-order valence-corrected chi connectivity index (χ3v) is 4.24. The Morgan fingerprint density at radius 3 is 3.11 bits per heavy atom. The number of likely N-dealkylation sites (tertiary alicyclic amines) is 1. The van der Waals surface area contributed by atoms with E-state index < -0.39 is 0 Å². The van der Waals surface area contributed by atoms with E-state index in [0.29, 0.717) is 0 Å². The Bertz CT molecular complexity index is 532. The minimum absolute atomic E-state index is 0.824. The SMILES string of the molecule is CCN1CCC(CNCc2c[nH]c3ccccc23)C1. The number of hydrogen-bond acceptors (Lipinski definition) is 2. The van der Waals surface area contributed by atoms with Gasteiger partial charge in [0.25, 0.3) is 0 Å². The molecule has 0 radical (unpaired) electrons. The smallest absolute Gasteiger partial charge is 0.0457 e. The monoisotopic (exact) mass is 257 g/mol. The van der Waals surface area contributed by atoms with Gasteiger partial charge in [0.1, 0.15) is 0 Å². The van der Waals surface area contributed by atoms with Crippen molar-refractivity contribution in [2.45, 2.75) is 19.9 Å². The molecule has 0 aliphatic carbocycles. The van der Waals surface area contributed by atoms with Gasteiger partial charge in [-0.3, -0.25) is 0 Å². The lowest BCUT2D eigenvalue weighted by atomic mass is 10.1. The van der Waals surface area contributed by atoms with Crippen molar-refractivity contribution in [2.75, 3.05) is 26.2 Å². The van der Waals surface area contributed by atoms with Gasteiger partial charge in [0, 0.05) is 30.2 Å². The molecule has 102 valence electrons. The van der Waals surface area contributed by atoms with Gasteiger partial charge in [-0.2, -0.15) is 0 Å². The highest BCUT2D eigenvalue weighted by Crippen LogP contribution is 2.18. The third kappa shape index (κ3) is 2.82. The molecule has 3 heteroatoms. The first-order valence-electron chi connectivity index (χ1n) is 7.35. The van der Waals surface area contributed by atoms with Crippen molar-refractivity contribution in [3.05, 3.63) is 36.0 Å². The Hall–Kier alpha value is -1.32. The molecule has 0 amide bonds. The highest BCUT2D eigenvalue weighted by atomic mass is 15.1. The van der Waals surface area contributed by atoms with Gasteiger partial charge in [0.15, 0.2) is 0 Å². The normalized spacial score (nSPS) is 20.4. The van der Waals surface area contributed by atoms with Gasteiger partial charge in [-0.25, -0.2) is 0 Å². The minimum Gasteiger partial charge on any atom is -0.361 e. The van der Waals surface area contributed by atoms with E-state index in [1.807, 2.05) is 0 Å². The van der Waals surface area contributed by atoms with Crippen molar-refractivity contribution in [1.82, 2.24) is 15.2 Å². The van der Waals surface area contributed by atoms with Crippen molar-refractivity contribution < 1.29 is 0 Å². The summed E-state index contributed by atoms with van der Waals surface area (Å²) in [4.78, 5) is 5.87. The molecule has 3 nitrogen and oxygen atoms in total. The van der Waals surface area contributed by atoms with Crippen molar-refractivity contribution >= 4 is 10.9 Å². The minimum atomic E-state index is 0.824. The van der Waals surface area contributed by atoms with E-state index in [9.17, 15) is 0 Å². The van der Waals surface area contributed by atoms with E-state index in [4.69, 9.17) is 0 Å². The molecule has 2 N–H and O–H groups in total. The molecule has 0 bridgehead atoms. The van der Waals surface area contributed by atoms with Crippen LogP contribution in [0.5, 0.6) is 0 Å². The van der Waals surface area contributed by atoms with E-state index in [2.05, 4.69) is 52.6 Å². The van der Waals surface area contributed by atoms with Crippen LogP contribution in [0.4, 0.5) is 0 Å². The van der Waals surface area contributed by atoms with Crippen LogP contribution < -0.4 is 5.32 Å². The van der Waals surface area contributed by atoms with Crippen LogP contribution >= 0.6 is 0 Å². The largest absolute Gasteiger partial charge is 0.361 e. The second-order valence-corrected chi connectivity index (χ2v) is 5.54. The summed E-state index contributed by atoms with van der Waals surface area (Å²) in [6.07, 6.45) is 3.47. The van der Waals surface area contributed by atoms with E-state index in [1.165, 1.54) is 42.5 Å². The first-order valence-corrected chi connectivity index (χ1v) is 7.35. The van der Waals surface area contributed by atoms with Crippen LogP contribution in [0.25, 0.3) is 10.9 Å². The predicted octanol–water partition coefficient (Wildman–Crippen LogP) is 2.60. The van der Waals surface area contributed by atoms with E-state index in [1.54, 1.807) is 0 Å². The predicted molar refractivity (Wildman–Crippen MR) is 80.2 cm³/mol. The maximum Gasteiger partial charge on any atom is 0.0457 e. The fourth-order valence-electron chi connectivity index (χ4n) is 3.06. The molecule has 2 heterocycles. The van der Waals surface area contributed by atoms with E-state index in [-0.39, 0.29) is 0 Å². The second-order valence-electron chi connectivity index (χ2n) is 5.54. The number of H-pyrrole nitrogens is 1. The molecule has 0 spiro atoms. The molecule has 1 unspecified atom stereocenters. The molecule has 1 aliphatic heterocycles. The fourth-order valence-corrected chi connectivity index (χ4v) is 3.06. The molecule has 1 saturated heterocycles. The van der Waals surface area contributed by atoms with Crippen LogP contribution in [0, 0.1) is 5.92 Å². The topological polar surface area (TPSA) is 31.1 Å². The van der Waals surface area contributed by atoms with Gasteiger partial charge < -0.3 is 15.2 Å². The van der Waals surface area contributed by atoms with Crippen LogP contribution in [0.15, 0.2) is 30.5 Å². The number of hydrogen-bond donors (Lipinski definition) is 2. The van der Waals surface area contributed by atoms with Crippen molar-refractivity contribution in [3.8, 4) is 0 Å². The zero-order chi connectivity index (χ0) is 13.1. The lowest BCUT2D eigenvalue weighted by Gasteiger charge is -2.13. The van der Waals surface area contributed by atoms with E-state index in [0.717, 1.165) is 19.0 Å². The lowest BCUT2D eigenvalue weighted by Crippen LogP contribution is -2.26. The highest BCUT2D eigenvalue weighted by molar-refractivity contribution is 5.82. The zero-order valence-electron chi connectivity index (χ0n) is 11.7. The Kier molecular flexibility index (Phi) is 3.85. The number of aromatic amines is 1. The Morgan fingerprint density at radius 1 is 1.37 bits per heavy atom. The summed E-state index contributed by atoms with van der Waals surface area (Å²) in [6, 6.07) is 8.51. The summed E-state index contributed by atoms with van der Waals surface area (Å²) in [5.74, 6) is 0.824.